The van der Waals surface area contributed by atoms with E-state index in [9.17, 15) is 20.0 Å². The van der Waals surface area contributed by atoms with E-state index in [0.29, 0.717) is 25.7 Å². The largest absolute Gasteiger partial charge is 0.461 e. The second kappa shape index (κ2) is 12.7. The second-order valence-electron chi connectivity index (χ2n) is 12.6. The van der Waals surface area contributed by atoms with Crippen LogP contribution in [0.4, 0.5) is 0 Å². The first kappa shape index (κ1) is 31.9. The summed E-state index contributed by atoms with van der Waals surface area (Å²) in [6, 6.07) is 0. The number of hydrogen-bond acceptors (Lipinski definition) is 11. The third-order valence-corrected chi connectivity index (χ3v) is 6.98. The molecule has 0 radical (unpaired) electrons. The van der Waals surface area contributed by atoms with Crippen LogP contribution in [0.5, 0.6) is 0 Å². The lowest BCUT2D eigenvalue weighted by atomic mass is 9.80. The number of carbonyl (C=O) groups is 2. The van der Waals surface area contributed by atoms with Crippen molar-refractivity contribution in [2.75, 3.05) is 39.6 Å². The highest BCUT2D eigenvalue weighted by Gasteiger charge is 2.47. The van der Waals surface area contributed by atoms with Gasteiger partial charge in [0.25, 0.3) is 0 Å². The number of carbonyl (C=O) groups excluding carboxylic acids is 2. The van der Waals surface area contributed by atoms with Crippen LogP contribution < -0.4 is 0 Å². The molecule has 2 rings (SSSR count). The molecule has 0 aromatic heterocycles. The summed E-state index contributed by atoms with van der Waals surface area (Å²) in [4.78, 5) is 24.3. The van der Waals surface area contributed by atoms with E-state index in [0.717, 1.165) is 0 Å². The average molecular weight is 533 g/mol. The molecular weight excluding hydrogens is 484 g/mol. The molecule has 2 N–H and O–H groups in total. The van der Waals surface area contributed by atoms with Crippen LogP contribution in [0.3, 0.4) is 0 Å². The van der Waals surface area contributed by atoms with Gasteiger partial charge in [-0.3, -0.25) is 0 Å². The van der Waals surface area contributed by atoms with E-state index >= 15 is 0 Å². The Labute approximate surface area is 221 Å². The maximum Gasteiger partial charge on any atom is 0.332 e. The summed E-state index contributed by atoms with van der Waals surface area (Å²) in [6.45, 7) is 16.0. The zero-order chi connectivity index (χ0) is 28.1. The Morgan fingerprint density at radius 1 is 0.595 bits per heavy atom. The van der Waals surface area contributed by atoms with Gasteiger partial charge in [0, 0.05) is 47.8 Å². The lowest BCUT2D eigenvalue weighted by molar-refractivity contribution is -0.260. The van der Waals surface area contributed by atoms with Crippen LogP contribution in [0.15, 0.2) is 0 Å². The molecule has 0 bridgehead atoms. The van der Waals surface area contributed by atoms with Crippen LogP contribution in [0.2, 0.25) is 0 Å². The third kappa shape index (κ3) is 9.42. The molecular formula is C26H48N2O9. The SMILES string of the molecule is CC1(C)CC(OC(=O)COCCOCCOCC(=O)OC2CC(C)(C)N(O)C(C)(C)C2)CC(C)(C)N1O. The predicted molar refractivity (Wildman–Crippen MR) is 134 cm³/mol. The van der Waals surface area contributed by atoms with E-state index < -0.39 is 34.1 Å². The summed E-state index contributed by atoms with van der Waals surface area (Å²) in [5.74, 6) is -0.887. The number of nitrogens with zero attached hydrogens (tertiary/aromatic N) is 2. The first-order chi connectivity index (χ1) is 17.0. The quantitative estimate of drug-likeness (QED) is 0.284. The normalized spacial score (nSPS) is 24.1. The second-order valence-corrected chi connectivity index (χ2v) is 12.6. The lowest BCUT2D eigenvalue weighted by Gasteiger charge is -2.50. The van der Waals surface area contributed by atoms with Crippen molar-refractivity contribution in [1.29, 1.82) is 0 Å². The van der Waals surface area contributed by atoms with Crippen molar-refractivity contribution in [3.8, 4) is 0 Å². The van der Waals surface area contributed by atoms with Crippen LogP contribution in [-0.2, 0) is 33.3 Å². The Hall–Kier alpha value is -1.34. The number of ether oxygens (including phenoxy) is 5. The highest BCUT2D eigenvalue weighted by Crippen LogP contribution is 2.39. The van der Waals surface area contributed by atoms with Crippen LogP contribution >= 0.6 is 0 Å². The summed E-state index contributed by atoms with van der Waals surface area (Å²) in [6.07, 6.45) is 1.57. The molecule has 0 atom stereocenters. The Balaban J connectivity index is 1.51. The van der Waals surface area contributed by atoms with Gasteiger partial charge in [0.15, 0.2) is 0 Å². The Kier molecular flexibility index (Phi) is 10.9. The Bertz CT molecular complexity index is 671. The highest BCUT2D eigenvalue weighted by molar-refractivity contribution is 5.71. The molecule has 0 amide bonds. The van der Waals surface area contributed by atoms with Gasteiger partial charge in [-0.25, -0.2) is 9.59 Å². The molecule has 2 saturated heterocycles. The smallest absolute Gasteiger partial charge is 0.332 e. The van der Waals surface area contributed by atoms with Crippen LogP contribution in [0.1, 0.15) is 81.1 Å². The van der Waals surface area contributed by atoms with Gasteiger partial charge >= 0.3 is 11.9 Å². The van der Waals surface area contributed by atoms with E-state index in [1.807, 2.05) is 55.4 Å². The Morgan fingerprint density at radius 3 is 1.16 bits per heavy atom. The summed E-state index contributed by atoms with van der Waals surface area (Å²) < 4.78 is 27.2. The number of hydrogen-bond donors (Lipinski definition) is 2. The minimum Gasteiger partial charge on any atom is -0.461 e. The molecule has 0 aromatic carbocycles. The standard InChI is InChI=1S/C26H48N2O9/c1-23(2)13-19(14-24(3,4)27(23)31)36-21(29)17-34-11-9-33-10-12-35-18-22(30)37-20-15-25(5,6)28(32)26(7,8)16-20/h19-20,31-32H,9-18H2,1-8H3. The van der Waals surface area contributed by atoms with Gasteiger partial charge in [-0.05, 0) is 55.4 Å². The van der Waals surface area contributed by atoms with Crippen molar-refractivity contribution >= 4 is 11.9 Å². The molecule has 0 aliphatic carbocycles. The minimum atomic E-state index is -0.494. The summed E-state index contributed by atoms with van der Waals surface area (Å²) >= 11 is 0. The lowest BCUT2D eigenvalue weighted by Crippen LogP contribution is -2.60. The van der Waals surface area contributed by atoms with E-state index in [1.54, 1.807) is 0 Å². The molecule has 0 spiro atoms. The Morgan fingerprint density at radius 2 is 0.865 bits per heavy atom. The first-order valence-corrected chi connectivity index (χ1v) is 13.1. The molecule has 216 valence electrons. The zero-order valence-corrected chi connectivity index (χ0v) is 23.9. The molecule has 37 heavy (non-hydrogen) atoms. The minimum absolute atomic E-state index is 0.172. The molecule has 2 aliphatic rings. The number of rotatable bonds is 12. The zero-order valence-electron chi connectivity index (χ0n) is 23.9. The van der Waals surface area contributed by atoms with E-state index in [4.69, 9.17) is 23.7 Å². The fourth-order valence-corrected chi connectivity index (χ4v) is 5.61. The maximum absolute atomic E-state index is 12.1. The fraction of sp³-hybridized carbons (Fsp3) is 0.923. The van der Waals surface area contributed by atoms with Crippen molar-refractivity contribution in [2.24, 2.45) is 0 Å². The summed E-state index contributed by atoms with van der Waals surface area (Å²) in [5.41, 5.74) is -1.98. The number of hydroxylamine groups is 4. The van der Waals surface area contributed by atoms with Crippen molar-refractivity contribution in [1.82, 2.24) is 10.1 Å². The van der Waals surface area contributed by atoms with Crippen LogP contribution in [0, 0.1) is 0 Å². The average Bonchev–Trinajstić information content (AvgIpc) is 2.73. The van der Waals surface area contributed by atoms with Gasteiger partial charge in [-0.15, -0.1) is 0 Å². The van der Waals surface area contributed by atoms with Gasteiger partial charge in [-0.2, -0.15) is 10.1 Å². The van der Waals surface area contributed by atoms with Gasteiger partial charge < -0.3 is 34.1 Å². The fourth-order valence-electron chi connectivity index (χ4n) is 5.61. The molecule has 0 unspecified atom stereocenters. The van der Waals surface area contributed by atoms with Crippen LogP contribution in [0.25, 0.3) is 0 Å². The molecule has 11 nitrogen and oxygen atoms in total. The van der Waals surface area contributed by atoms with Crippen molar-refractivity contribution in [3.63, 3.8) is 0 Å². The maximum atomic E-state index is 12.1. The number of esters is 2. The van der Waals surface area contributed by atoms with Crippen molar-refractivity contribution in [2.45, 2.75) is 115 Å². The monoisotopic (exact) mass is 532 g/mol. The predicted octanol–water partition coefficient (Wildman–Crippen LogP) is 2.94. The molecule has 0 saturated carbocycles. The van der Waals surface area contributed by atoms with E-state index in [2.05, 4.69) is 0 Å². The van der Waals surface area contributed by atoms with Gasteiger partial charge in [0.2, 0.25) is 0 Å². The van der Waals surface area contributed by atoms with E-state index in [-0.39, 0.29) is 51.8 Å². The summed E-state index contributed by atoms with van der Waals surface area (Å²) in [7, 11) is 0. The topological polar surface area (TPSA) is 127 Å². The van der Waals surface area contributed by atoms with Crippen LogP contribution in [-0.4, -0.2) is 106 Å². The highest BCUT2D eigenvalue weighted by atomic mass is 16.6. The molecule has 11 heteroatoms. The van der Waals surface area contributed by atoms with Crippen molar-refractivity contribution < 1.29 is 43.7 Å². The molecule has 2 fully saturated rings. The third-order valence-electron chi connectivity index (χ3n) is 6.98. The van der Waals surface area contributed by atoms with Gasteiger partial charge in [-0.1, -0.05) is 0 Å². The molecule has 2 heterocycles. The first-order valence-electron chi connectivity index (χ1n) is 13.1. The van der Waals surface area contributed by atoms with Gasteiger partial charge in [0.1, 0.15) is 25.4 Å². The molecule has 0 aromatic rings. The van der Waals surface area contributed by atoms with Gasteiger partial charge in [0.05, 0.1) is 26.4 Å². The summed E-state index contributed by atoms with van der Waals surface area (Å²) in [5, 5.41) is 23.4. The van der Waals surface area contributed by atoms with E-state index in [1.165, 1.54) is 10.1 Å². The number of piperidine rings is 2. The molecule has 2 aliphatic heterocycles. The van der Waals surface area contributed by atoms with Crippen molar-refractivity contribution in [3.05, 3.63) is 0 Å².